The Morgan fingerprint density at radius 3 is 2.54 bits per heavy atom. The number of hydrogen-bond donors (Lipinski definition) is 2. The highest BCUT2D eigenvalue weighted by Gasteiger charge is 2.65. The lowest BCUT2D eigenvalue weighted by Crippen LogP contribution is -2.47. The van der Waals surface area contributed by atoms with E-state index in [1.54, 1.807) is 51.0 Å². The summed E-state index contributed by atoms with van der Waals surface area (Å²) in [6.07, 6.45) is -2.88. The Hall–Kier alpha value is -3.71. The topological polar surface area (TPSA) is 132 Å². The molecule has 1 aliphatic heterocycles. The molecular weight excluding hydrogens is 490 g/mol. The Labute approximate surface area is 211 Å². The molecule has 3 aromatic rings. The van der Waals surface area contributed by atoms with Gasteiger partial charge >= 0.3 is 5.97 Å². The lowest BCUT2D eigenvalue weighted by Gasteiger charge is -2.25. The molecule has 13 heteroatoms. The zero-order valence-electron chi connectivity index (χ0n) is 21.0. The smallest absolute Gasteiger partial charge is 0.338 e. The predicted molar refractivity (Wildman–Crippen MR) is 129 cm³/mol. The quantitative estimate of drug-likeness (QED) is 0.453. The van der Waals surface area contributed by atoms with Crippen molar-refractivity contribution in [2.75, 3.05) is 30.9 Å². The van der Waals surface area contributed by atoms with E-state index < -0.39 is 36.4 Å². The van der Waals surface area contributed by atoms with E-state index in [9.17, 15) is 14.7 Å². The summed E-state index contributed by atoms with van der Waals surface area (Å²) in [6.45, 7) is 3.29. The third kappa shape index (κ3) is 4.83. The normalized spacial score (nSPS) is 25.4. The zero-order valence-corrected chi connectivity index (χ0v) is 21.0. The summed E-state index contributed by atoms with van der Waals surface area (Å²) >= 11 is 0. The number of aliphatic hydroxyl groups is 1. The van der Waals surface area contributed by atoms with Crippen LogP contribution in [0.15, 0.2) is 36.7 Å². The maximum atomic E-state index is 15.9. The van der Waals surface area contributed by atoms with Gasteiger partial charge in [0.05, 0.1) is 11.9 Å². The van der Waals surface area contributed by atoms with Crippen LogP contribution in [-0.2, 0) is 14.3 Å². The molecule has 2 N–H and O–H groups in total. The van der Waals surface area contributed by atoms with Crippen LogP contribution >= 0.6 is 0 Å². The van der Waals surface area contributed by atoms with Gasteiger partial charge in [-0.2, -0.15) is 9.97 Å². The minimum absolute atomic E-state index is 0.0318. The molecule has 3 heterocycles. The molecule has 0 bridgehead atoms. The summed E-state index contributed by atoms with van der Waals surface area (Å²) in [5.41, 5.74) is -2.27. The average molecular weight is 519 g/mol. The van der Waals surface area contributed by atoms with Crippen LogP contribution in [0.3, 0.4) is 0 Å². The summed E-state index contributed by atoms with van der Waals surface area (Å²) < 4.78 is 43.1. The number of nitrogens with one attached hydrogen (secondary N) is 1. The number of esters is 1. The van der Waals surface area contributed by atoms with Crippen LogP contribution in [0.1, 0.15) is 37.4 Å². The number of fused-ring (bicyclic) bond motifs is 1. The average Bonchev–Trinajstić information content (AvgIpc) is 3.35. The summed E-state index contributed by atoms with van der Waals surface area (Å²) in [4.78, 5) is 39.0. The fourth-order valence-corrected chi connectivity index (χ4v) is 3.88. The maximum Gasteiger partial charge on any atom is 0.338 e. The number of imidazole rings is 1. The molecule has 0 spiro atoms. The monoisotopic (exact) mass is 518 g/mol. The first-order valence-corrected chi connectivity index (χ1v) is 11.5. The number of ether oxygens (including phenoxy) is 2. The van der Waals surface area contributed by atoms with Crippen LogP contribution in [0.2, 0.25) is 0 Å². The third-order valence-electron chi connectivity index (χ3n) is 5.98. The van der Waals surface area contributed by atoms with E-state index in [1.165, 1.54) is 18.5 Å². The van der Waals surface area contributed by atoms with Crippen LogP contribution in [0.5, 0.6) is 0 Å². The van der Waals surface area contributed by atoms with E-state index in [4.69, 9.17) is 9.47 Å². The molecule has 0 saturated carbocycles. The minimum Gasteiger partial charge on any atom is -0.456 e. The molecule has 1 saturated heterocycles. The maximum absolute atomic E-state index is 15.9. The largest absolute Gasteiger partial charge is 0.456 e. The molecule has 0 aliphatic carbocycles. The summed E-state index contributed by atoms with van der Waals surface area (Å²) in [5, 5.41) is 13.2. The Bertz CT molecular complexity index is 1320. The number of hydrogen-bond acceptors (Lipinski definition) is 9. The molecule has 0 unspecified atom stereocenters. The van der Waals surface area contributed by atoms with Crippen LogP contribution in [0, 0.1) is 5.92 Å². The van der Waals surface area contributed by atoms with Gasteiger partial charge in [0, 0.05) is 20.0 Å². The van der Waals surface area contributed by atoms with Crippen molar-refractivity contribution in [3.63, 3.8) is 0 Å². The van der Waals surface area contributed by atoms with Crippen LogP contribution in [0.4, 0.5) is 20.5 Å². The molecule has 1 aromatic carbocycles. The van der Waals surface area contributed by atoms with Gasteiger partial charge in [0.1, 0.15) is 0 Å². The van der Waals surface area contributed by atoms with Crippen LogP contribution < -0.4 is 10.2 Å². The fourth-order valence-electron chi connectivity index (χ4n) is 3.88. The lowest BCUT2D eigenvalue weighted by atomic mass is 9.97. The summed E-state index contributed by atoms with van der Waals surface area (Å²) in [5.74, 6) is -4.40. The summed E-state index contributed by atoms with van der Waals surface area (Å²) in [6, 6.07) is 7.83. The number of aromatic nitrogens is 4. The van der Waals surface area contributed by atoms with E-state index in [-0.39, 0.29) is 34.5 Å². The number of alkyl halides is 2. The molecule has 2 aromatic heterocycles. The number of carbonyl (C=O) groups is 2. The predicted octanol–water partition coefficient (Wildman–Crippen LogP) is 2.63. The Morgan fingerprint density at radius 1 is 1.24 bits per heavy atom. The van der Waals surface area contributed by atoms with Gasteiger partial charge in [-0.25, -0.2) is 18.6 Å². The van der Waals surface area contributed by atoms with Crippen LogP contribution in [-0.4, -0.2) is 74.8 Å². The van der Waals surface area contributed by atoms with Crippen molar-refractivity contribution in [1.29, 1.82) is 0 Å². The molecule has 198 valence electrons. The van der Waals surface area contributed by atoms with Crippen molar-refractivity contribution < 1.29 is 33.0 Å². The molecule has 37 heavy (non-hydrogen) atoms. The van der Waals surface area contributed by atoms with Gasteiger partial charge in [-0.05, 0) is 19.1 Å². The molecule has 1 amide bonds. The SMILES string of the molecule is CC(C)C(=O)Nc1nc(N(C)C)c2ncn([C@@H]3O[C@](F)(COC(=O)c4ccccc4)[C@@H](O)[C@@]3(C)F)c2n1. The van der Waals surface area contributed by atoms with Gasteiger partial charge in [0.15, 0.2) is 41.6 Å². The van der Waals surface area contributed by atoms with Gasteiger partial charge < -0.3 is 19.5 Å². The van der Waals surface area contributed by atoms with Crippen molar-refractivity contribution in [1.82, 2.24) is 19.5 Å². The standard InChI is InChI=1S/C24H28F2N6O5/c1-13(2)18(33)30-22-28-16(31(4)5)15-17(29-22)32(12-27-15)21-23(3,25)20(35)24(26,37-21)11-36-19(34)14-9-7-6-8-10-14/h6-10,12-13,20-21,35H,11H2,1-5H3,(H,28,29,30,33)/t20-,21+,23+,24+/m0/s1. The fraction of sp³-hybridized carbons (Fsp3) is 0.458. The highest BCUT2D eigenvalue weighted by molar-refractivity contribution is 5.92. The molecule has 11 nitrogen and oxygen atoms in total. The van der Waals surface area contributed by atoms with Crippen molar-refractivity contribution in [3.8, 4) is 0 Å². The number of amides is 1. The van der Waals surface area contributed by atoms with Gasteiger partial charge in [-0.3, -0.25) is 14.7 Å². The van der Waals surface area contributed by atoms with Crippen molar-refractivity contribution in [2.24, 2.45) is 5.92 Å². The number of nitrogens with zero attached hydrogens (tertiary/aromatic N) is 5. The number of halogens is 2. The van der Waals surface area contributed by atoms with Crippen molar-refractivity contribution >= 4 is 34.8 Å². The Balaban J connectivity index is 1.68. The van der Waals surface area contributed by atoms with Gasteiger partial charge in [-0.1, -0.05) is 32.0 Å². The molecule has 4 atom stereocenters. The first-order chi connectivity index (χ1) is 17.3. The molecule has 1 fully saturated rings. The van der Waals surface area contributed by atoms with Crippen molar-refractivity contribution in [3.05, 3.63) is 42.2 Å². The van der Waals surface area contributed by atoms with Gasteiger partial charge in [0.2, 0.25) is 11.9 Å². The highest BCUT2D eigenvalue weighted by Crippen LogP contribution is 2.48. The molecule has 0 radical (unpaired) electrons. The number of anilines is 2. The van der Waals surface area contributed by atoms with Crippen LogP contribution in [0.25, 0.3) is 11.2 Å². The van der Waals surface area contributed by atoms with E-state index in [0.29, 0.717) is 5.82 Å². The summed E-state index contributed by atoms with van der Waals surface area (Å²) in [7, 11) is 3.38. The molecule has 4 rings (SSSR count). The molecular formula is C24H28F2N6O5. The number of aliphatic hydroxyl groups excluding tert-OH is 1. The third-order valence-corrected chi connectivity index (χ3v) is 5.98. The zero-order chi connectivity index (χ0) is 27.1. The van der Waals surface area contributed by atoms with E-state index in [0.717, 1.165) is 11.5 Å². The minimum atomic E-state index is -3.07. The second-order valence-corrected chi connectivity index (χ2v) is 9.49. The van der Waals surface area contributed by atoms with Crippen molar-refractivity contribution in [2.45, 2.75) is 44.6 Å². The first kappa shape index (κ1) is 26.4. The molecule has 1 aliphatic rings. The Kier molecular flexibility index (Phi) is 6.86. The van der Waals surface area contributed by atoms with E-state index >= 15 is 8.78 Å². The Morgan fingerprint density at radius 2 is 1.92 bits per heavy atom. The first-order valence-electron chi connectivity index (χ1n) is 11.5. The highest BCUT2D eigenvalue weighted by atomic mass is 19.2. The number of carbonyl (C=O) groups excluding carboxylic acids is 2. The second kappa shape index (κ2) is 9.63. The second-order valence-electron chi connectivity index (χ2n) is 9.49. The van der Waals surface area contributed by atoms with Gasteiger partial charge in [-0.15, -0.1) is 0 Å². The van der Waals surface area contributed by atoms with E-state index in [1.807, 2.05) is 0 Å². The van der Waals surface area contributed by atoms with E-state index in [2.05, 4.69) is 20.3 Å². The van der Waals surface area contributed by atoms with Gasteiger partial charge in [0.25, 0.3) is 5.85 Å². The lowest BCUT2D eigenvalue weighted by molar-refractivity contribution is -0.206. The number of benzene rings is 1. The number of rotatable bonds is 7.